The van der Waals surface area contributed by atoms with Gasteiger partial charge in [0, 0.05) is 57.5 Å². The topological polar surface area (TPSA) is 80.1 Å². The molecule has 2 fully saturated rings. The highest BCUT2D eigenvalue weighted by Crippen LogP contribution is 2.30. The molecule has 2 heterocycles. The molecule has 0 bridgehead atoms. The van der Waals surface area contributed by atoms with E-state index >= 15 is 0 Å². The molecule has 33 heavy (non-hydrogen) atoms. The Labute approximate surface area is 200 Å². The minimum atomic E-state index is -0.469. The van der Waals surface area contributed by atoms with E-state index in [-0.39, 0.29) is 18.4 Å². The number of aromatic nitrogens is 1. The Kier molecular flexibility index (Phi) is 8.46. The van der Waals surface area contributed by atoms with Crippen LogP contribution in [0.25, 0.3) is 11.0 Å². The predicted octanol–water partition coefficient (Wildman–Crippen LogP) is 3.68. The lowest BCUT2D eigenvalue weighted by atomic mass is 9.84. The third-order valence-electron chi connectivity index (χ3n) is 7.03. The van der Waals surface area contributed by atoms with Gasteiger partial charge in [0.15, 0.2) is 17.7 Å². The molecule has 8 nitrogen and oxygen atoms in total. The maximum absolute atomic E-state index is 12.2. The van der Waals surface area contributed by atoms with Crippen LogP contribution in [0.1, 0.15) is 38.5 Å². The summed E-state index contributed by atoms with van der Waals surface area (Å²) in [6, 6.07) is 5.97. The summed E-state index contributed by atoms with van der Waals surface area (Å²) in [6.07, 6.45) is 5.46. The van der Waals surface area contributed by atoms with Gasteiger partial charge in [-0.25, -0.2) is 0 Å². The number of benzene rings is 1. The number of nitrogens with zero attached hydrogens (tertiary/aromatic N) is 3. The van der Waals surface area contributed by atoms with E-state index in [0.29, 0.717) is 5.02 Å². The number of carbonyl (C=O) groups is 1. The van der Waals surface area contributed by atoms with Gasteiger partial charge in [-0.3, -0.25) is 9.69 Å². The summed E-state index contributed by atoms with van der Waals surface area (Å²) < 4.78 is 15.7. The molecule has 0 radical (unpaired) electrons. The van der Waals surface area contributed by atoms with E-state index in [1.54, 1.807) is 14.2 Å². The summed E-state index contributed by atoms with van der Waals surface area (Å²) in [5, 5.41) is 9.12. The first-order valence-electron chi connectivity index (χ1n) is 11.9. The highest BCUT2D eigenvalue weighted by Gasteiger charge is 2.25. The lowest BCUT2D eigenvalue weighted by Crippen LogP contribution is -2.47. The molecular formula is C24H35ClN4O4. The van der Waals surface area contributed by atoms with E-state index in [4.69, 9.17) is 25.6 Å². The maximum atomic E-state index is 12.2. The van der Waals surface area contributed by atoms with Gasteiger partial charge >= 0.3 is 0 Å². The number of fused-ring (bicyclic) bond motifs is 1. The standard InChI is InChI=1S/C24H35ClN4O4/c1-31-23(32-2)16-22(30)26-19-6-3-17(4-7-19)9-10-28-11-13-29(14-12-28)24-20-8-5-18(25)15-21(20)33-27-24/h5,8,15,17,19,23H,3-4,6-7,9-14,16H2,1-2H3,(H,26,30)/t17-,19-. The van der Waals surface area contributed by atoms with Gasteiger partial charge in [-0.2, -0.15) is 0 Å². The number of piperazine rings is 1. The second-order valence-electron chi connectivity index (χ2n) is 9.15. The summed E-state index contributed by atoms with van der Waals surface area (Å²) in [5.41, 5.74) is 0.740. The van der Waals surface area contributed by atoms with E-state index in [1.807, 2.05) is 18.2 Å². The quantitative estimate of drug-likeness (QED) is 0.550. The average Bonchev–Trinajstić information content (AvgIpc) is 3.25. The summed E-state index contributed by atoms with van der Waals surface area (Å²) in [4.78, 5) is 17.0. The zero-order chi connectivity index (χ0) is 23.2. The van der Waals surface area contributed by atoms with Crippen LogP contribution < -0.4 is 10.2 Å². The van der Waals surface area contributed by atoms with Gasteiger partial charge < -0.3 is 24.2 Å². The van der Waals surface area contributed by atoms with E-state index in [0.717, 1.165) is 68.3 Å². The van der Waals surface area contributed by atoms with Crippen LogP contribution in [0.2, 0.25) is 5.02 Å². The molecule has 2 aliphatic rings. The monoisotopic (exact) mass is 478 g/mol. The Hall–Kier alpha value is -1.87. The molecule has 1 aromatic heterocycles. The number of nitrogens with one attached hydrogen (secondary N) is 1. The van der Waals surface area contributed by atoms with Gasteiger partial charge in [-0.05, 0) is 56.7 Å². The second-order valence-corrected chi connectivity index (χ2v) is 9.59. The lowest BCUT2D eigenvalue weighted by molar-refractivity contribution is -0.140. The minimum absolute atomic E-state index is 0.00742. The Morgan fingerprint density at radius 1 is 1.18 bits per heavy atom. The first kappa shape index (κ1) is 24.3. The van der Waals surface area contributed by atoms with Crippen molar-refractivity contribution >= 4 is 34.3 Å². The normalized spacial score (nSPS) is 22.2. The minimum Gasteiger partial charge on any atom is -0.355 e. The van der Waals surface area contributed by atoms with Crippen molar-refractivity contribution in [2.24, 2.45) is 5.92 Å². The molecule has 0 atom stereocenters. The van der Waals surface area contributed by atoms with Crippen LogP contribution in [0.5, 0.6) is 0 Å². The van der Waals surface area contributed by atoms with Gasteiger partial charge in [0.2, 0.25) is 5.91 Å². The summed E-state index contributed by atoms with van der Waals surface area (Å²) >= 11 is 6.05. The number of halogens is 1. The molecule has 1 saturated carbocycles. The van der Waals surface area contributed by atoms with Crippen LogP contribution in [0, 0.1) is 5.92 Å². The summed E-state index contributed by atoms with van der Waals surface area (Å²) in [5.74, 6) is 1.67. The number of anilines is 1. The summed E-state index contributed by atoms with van der Waals surface area (Å²) in [6.45, 7) is 5.11. The predicted molar refractivity (Wildman–Crippen MR) is 129 cm³/mol. The Balaban J connectivity index is 1.15. The third-order valence-corrected chi connectivity index (χ3v) is 7.27. The molecular weight excluding hydrogens is 444 g/mol. The first-order valence-corrected chi connectivity index (χ1v) is 12.3. The number of hydrogen-bond donors (Lipinski definition) is 1. The second kappa shape index (κ2) is 11.5. The first-order chi connectivity index (χ1) is 16.1. The van der Waals surface area contributed by atoms with Gasteiger partial charge in [0.1, 0.15) is 0 Å². The van der Waals surface area contributed by atoms with Crippen molar-refractivity contribution < 1.29 is 18.8 Å². The number of amides is 1. The molecule has 9 heteroatoms. The van der Waals surface area contributed by atoms with Crippen LogP contribution >= 0.6 is 11.6 Å². The number of carbonyl (C=O) groups excluding carboxylic acids is 1. The van der Waals surface area contributed by atoms with Crippen molar-refractivity contribution in [2.45, 2.75) is 50.9 Å². The molecule has 2 aromatic rings. The molecule has 0 unspecified atom stereocenters. The molecule has 1 N–H and O–H groups in total. The fourth-order valence-electron chi connectivity index (χ4n) is 4.97. The lowest BCUT2D eigenvalue weighted by Gasteiger charge is -2.36. The third kappa shape index (κ3) is 6.38. The number of ether oxygens (including phenoxy) is 2. The van der Waals surface area contributed by atoms with Crippen LogP contribution in [0.15, 0.2) is 22.7 Å². The fourth-order valence-corrected chi connectivity index (χ4v) is 5.13. The highest BCUT2D eigenvalue weighted by molar-refractivity contribution is 6.31. The van der Waals surface area contributed by atoms with Crippen molar-refractivity contribution in [3.8, 4) is 0 Å². The van der Waals surface area contributed by atoms with Gasteiger partial charge in [-0.1, -0.05) is 16.8 Å². The van der Waals surface area contributed by atoms with Crippen molar-refractivity contribution in [2.75, 3.05) is 51.8 Å². The van der Waals surface area contributed by atoms with Gasteiger partial charge in [0.05, 0.1) is 11.8 Å². The molecule has 1 aliphatic heterocycles. The van der Waals surface area contributed by atoms with E-state index in [1.165, 1.54) is 19.3 Å². The average molecular weight is 479 g/mol. The molecule has 1 saturated heterocycles. The molecule has 1 aromatic carbocycles. The Bertz CT molecular complexity index is 903. The Morgan fingerprint density at radius 2 is 1.91 bits per heavy atom. The zero-order valence-corrected chi connectivity index (χ0v) is 20.4. The van der Waals surface area contributed by atoms with E-state index in [9.17, 15) is 4.79 Å². The largest absolute Gasteiger partial charge is 0.355 e. The van der Waals surface area contributed by atoms with E-state index < -0.39 is 6.29 Å². The molecule has 182 valence electrons. The Morgan fingerprint density at radius 3 is 2.61 bits per heavy atom. The van der Waals surface area contributed by atoms with Crippen molar-refractivity contribution in [1.82, 2.24) is 15.4 Å². The van der Waals surface area contributed by atoms with E-state index in [2.05, 4.69) is 20.3 Å². The molecule has 1 amide bonds. The van der Waals surface area contributed by atoms with Crippen LogP contribution in [0.3, 0.4) is 0 Å². The SMILES string of the molecule is COC(CC(=O)N[C@H]1CC[C@H](CCN2CCN(c3noc4cc(Cl)ccc34)CC2)CC1)OC. The smallest absolute Gasteiger partial charge is 0.225 e. The van der Waals surface area contributed by atoms with Crippen LogP contribution in [-0.2, 0) is 14.3 Å². The van der Waals surface area contributed by atoms with Crippen molar-refractivity contribution in [1.29, 1.82) is 0 Å². The zero-order valence-electron chi connectivity index (χ0n) is 19.6. The van der Waals surface area contributed by atoms with Crippen molar-refractivity contribution in [3.05, 3.63) is 23.2 Å². The van der Waals surface area contributed by atoms with Crippen LogP contribution in [0.4, 0.5) is 5.82 Å². The number of hydrogen-bond acceptors (Lipinski definition) is 7. The molecule has 1 aliphatic carbocycles. The maximum Gasteiger partial charge on any atom is 0.225 e. The number of methoxy groups -OCH3 is 2. The molecule has 0 spiro atoms. The highest BCUT2D eigenvalue weighted by atomic mass is 35.5. The molecule has 4 rings (SSSR count). The summed E-state index contributed by atoms with van der Waals surface area (Å²) in [7, 11) is 3.11. The fraction of sp³-hybridized carbons (Fsp3) is 0.667. The van der Waals surface area contributed by atoms with Crippen LogP contribution in [-0.4, -0.2) is 75.2 Å². The van der Waals surface area contributed by atoms with Crippen molar-refractivity contribution in [3.63, 3.8) is 0 Å². The number of rotatable bonds is 9. The van der Waals surface area contributed by atoms with Gasteiger partial charge in [-0.15, -0.1) is 0 Å². The van der Waals surface area contributed by atoms with Gasteiger partial charge in [0.25, 0.3) is 0 Å².